The van der Waals surface area contributed by atoms with Gasteiger partial charge in [-0.2, -0.15) is 5.26 Å². The van der Waals surface area contributed by atoms with E-state index < -0.39 is 10.8 Å². The zero-order chi connectivity index (χ0) is 12.4. The fourth-order valence-electron chi connectivity index (χ4n) is 1.79. The number of nitro benzene ring substituents is 1. The Morgan fingerprint density at radius 2 is 2.12 bits per heavy atom. The van der Waals surface area contributed by atoms with Crippen LogP contribution >= 0.6 is 0 Å². The number of carbonyl (C=O) groups excluding carboxylic acids is 1. The lowest BCUT2D eigenvalue weighted by Crippen LogP contribution is -2.14. The predicted octanol–water partition coefficient (Wildman–Crippen LogP) is 2.18. The summed E-state index contributed by atoms with van der Waals surface area (Å²) in [5.41, 5.74) is 0.0463. The van der Waals surface area contributed by atoms with Gasteiger partial charge in [-0.3, -0.25) is 14.9 Å². The molecule has 86 valence electrons. The van der Waals surface area contributed by atoms with Gasteiger partial charge >= 0.3 is 0 Å². The van der Waals surface area contributed by atoms with Crippen molar-refractivity contribution in [3.63, 3.8) is 0 Å². The molecular formula is C12H10N2O3. The Morgan fingerprint density at radius 1 is 1.47 bits per heavy atom. The molecule has 1 atom stereocenters. The quantitative estimate of drug-likeness (QED) is 0.586. The standard InChI is InChI=1S/C12H10N2O3/c13-7-10(12(15)8-5-6-8)9-3-1-2-4-11(9)14(16)17/h1-4,8,10H,5-6H2. The van der Waals surface area contributed by atoms with E-state index in [9.17, 15) is 14.9 Å². The van der Waals surface area contributed by atoms with Crippen LogP contribution in [0.2, 0.25) is 0 Å². The van der Waals surface area contributed by atoms with Crippen molar-refractivity contribution in [3.8, 4) is 6.07 Å². The molecule has 1 aromatic carbocycles. The molecule has 1 aliphatic rings. The lowest BCUT2D eigenvalue weighted by atomic mass is 9.92. The molecule has 0 spiro atoms. The van der Waals surface area contributed by atoms with E-state index in [1.54, 1.807) is 6.07 Å². The highest BCUT2D eigenvalue weighted by Gasteiger charge is 2.37. The van der Waals surface area contributed by atoms with Crippen LogP contribution in [0.15, 0.2) is 24.3 Å². The molecule has 1 fully saturated rings. The molecule has 1 aliphatic carbocycles. The molecule has 5 heteroatoms. The number of para-hydroxylation sites is 1. The summed E-state index contributed by atoms with van der Waals surface area (Å²) in [6.07, 6.45) is 1.58. The van der Waals surface area contributed by atoms with Gasteiger partial charge in [-0.1, -0.05) is 18.2 Å². The molecule has 2 rings (SSSR count). The Morgan fingerprint density at radius 3 is 2.65 bits per heavy atom. The number of Topliss-reactive ketones (excluding diaryl/α,β-unsaturated/α-hetero) is 1. The molecule has 0 heterocycles. The van der Waals surface area contributed by atoms with Crippen molar-refractivity contribution in [3.05, 3.63) is 39.9 Å². The van der Waals surface area contributed by atoms with E-state index in [1.807, 2.05) is 6.07 Å². The van der Waals surface area contributed by atoms with Crippen molar-refractivity contribution in [1.29, 1.82) is 5.26 Å². The molecule has 0 aliphatic heterocycles. The van der Waals surface area contributed by atoms with Gasteiger partial charge in [-0.05, 0) is 12.8 Å². The zero-order valence-electron chi connectivity index (χ0n) is 9.00. The first kappa shape index (κ1) is 11.3. The van der Waals surface area contributed by atoms with Crippen molar-refractivity contribution >= 4 is 11.5 Å². The van der Waals surface area contributed by atoms with Gasteiger partial charge in [-0.25, -0.2) is 0 Å². The number of nitro groups is 1. The van der Waals surface area contributed by atoms with Gasteiger partial charge in [0.25, 0.3) is 5.69 Å². The minimum atomic E-state index is -1.01. The summed E-state index contributed by atoms with van der Waals surface area (Å²) in [5, 5.41) is 19.9. The van der Waals surface area contributed by atoms with Gasteiger partial charge in [0.15, 0.2) is 5.78 Å². The second-order valence-corrected chi connectivity index (χ2v) is 4.05. The van der Waals surface area contributed by atoms with Gasteiger partial charge in [0.05, 0.1) is 16.6 Å². The van der Waals surface area contributed by atoms with Crippen LogP contribution in [-0.4, -0.2) is 10.7 Å². The summed E-state index contributed by atoms with van der Waals surface area (Å²) < 4.78 is 0. The van der Waals surface area contributed by atoms with Crippen molar-refractivity contribution in [1.82, 2.24) is 0 Å². The highest BCUT2D eigenvalue weighted by Crippen LogP contribution is 2.37. The van der Waals surface area contributed by atoms with Crippen molar-refractivity contribution < 1.29 is 9.72 Å². The van der Waals surface area contributed by atoms with Crippen LogP contribution in [0, 0.1) is 27.4 Å². The summed E-state index contributed by atoms with van der Waals surface area (Å²) in [5.74, 6) is -1.29. The Balaban J connectivity index is 2.40. The highest BCUT2D eigenvalue weighted by atomic mass is 16.6. The first-order valence-electron chi connectivity index (χ1n) is 5.32. The van der Waals surface area contributed by atoms with Crippen LogP contribution in [0.5, 0.6) is 0 Å². The monoisotopic (exact) mass is 230 g/mol. The third-order valence-corrected chi connectivity index (χ3v) is 2.84. The van der Waals surface area contributed by atoms with E-state index in [2.05, 4.69) is 0 Å². The van der Waals surface area contributed by atoms with E-state index in [1.165, 1.54) is 18.2 Å². The van der Waals surface area contributed by atoms with E-state index in [0.717, 1.165) is 12.8 Å². The van der Waals surface area contributed by atoms with Crippen molar-refractivity contribution in [2.45, 2.75) is 18.8 Å². The Hall–Kier alpha value is -2.22. The average Bonchev–Trinajstić information content (AvgIpc) is 3.14. The second-order valence-electron chi connectivity index (χ2n) is 4.05. The number of nitriles is 1. The zero-order valence-corrected chi connectivity index (χ0v) is 9.00. The first-order valence-corrected chi connectivity index (χ1v) is 5.32. The summed E-state index contributed by atoms with van der Waals surface area (Å²) in [6.45, 7) is 0. The maximum absolute atomic E-state index is 11.9. The number of ketones is 1. The number of hydrogen-bond donors (Lipinski definition) is 0. The summed E-state index contributed by atoms with van der Waals surface area (Å²) in [4.78, 5) is 22.1. The normalized spacial score (nSPS) is 15.9. The third-order valence-electron chi connectivity index (χ3n) is 2.84. The maximum Gasteiger partial charge on any atom is 0.274 e. The molecule has 0 saturated heterocycles. The molecule has 0 radical (unpaired) electrons. The van der Waals surface area contributed by atoms with E-state index >= 15 is 0 Å². The largest absolute Gasteiger partial charge is 0.298 e. The lowest BCUT2D eigenvalue weighted by Gasteiger charge is -2.07. The summed E-state index contributed by atoms with van der Waals surface area (Å²) in [6, 6.07) is 7.81. The molecule has 5 nitrogen and oxygen atoms in total. The molecular weight excluding hydrogens is 220 g/mol. The number of carbonyl (C=O) groups is 1. The fourth-order valence-corrected chi connectivity index (χ4v) is 1.79. The topological polar surface area (TPSA) is 84.0 Å². The van der Waals surface area contributed by atoms with Gasteiger partial charge < -0.3 is 0 Å². The minimum absolute atomic E-state index is 0.0838. The number of benzene rings is 1. The summed E-state index contributed by atoms with van der Waals surface area (Å²) >= 11 is 0. The predicted molar refractivity (Wildman–Crippen MR) is 59.2 cm³/mol. The van der Waals surface area contributed by atoms with E-state index in [-0.39, 0.29) is 23.0 Å². The maximum atomic E-state index is 11.9. The van der Waals surface area contributed by atoms with Crippen LogP contribution in [0.25, 0.3) is 0 Å². The number of rotatable bonds is 4. The Bertz CT molecular complexity index is 515. The van der Waals surface area contributed by atoms with Gasteiger partial charge in [0, 0.05) is 12.0 Å². The van der Waals surface area contributed by atoms with E-state index in [0.29, 0.717) is 0 Å². The molecule has 0 bridgehead atoms. The smallest absolute Gasteiger partial charge is 0.274 e. The highest BCUT2D eigenvalue weighted by molar-refractivity contribution is 5.92. The third kappa shape index (κ3) is 2.16. The molecule has 17 heavy (non-hydrogen) atoms. The van der Waals surface area contributed by atoms with Crippen LogP contribution in [-0.2, 0) is 4.79 Å². The van der Waals surface area contributed by atoms with Crippen molar-refractivity contribution in [2.24, 2.45) is 5.92 Å². The minimum Gasteiger partial charge on any atom is -0.298 e. The molecule has 1 saturated carbocycles. The SMILES string of the molecule is N#CC(C(=O)C1CC1)c1ccccc1[N+](=O)[O-]. The van der Waals surface area contributed by atoms with Gasteiger partial charge in [0.1, 0.15) is 5.92 Å². The average molecular weight is 230 g/mol. The molecule has 0 amide bonds. The molecule has 0 aromatic heterocycles. The summed E-state index contributed by atoms with van der Waals surface area (Å²) in [7, 11) is 0. The first-order chi connectivity index (χ1) is 8.15. The Labute approximate surface area is 97.8 Å². The molecule has 1 unspecified atom stereocenters. The van der Waals surface area contributed by atoms with Crippen LogP contribution in [0.4, 0.5) is 5.69 Å². The van der Waals surface area contributed by atoms with Crippen LogP contribution in [0.1, 0.15) is 24.3 Å². The number of nitrogens with zero attached hydrogens (tertiary/aromatic N) is 2. The van der Waals surface area contributed by atoms with Crippen molar-refractivity contribution in [2.75, 3.05) is 0 Å². The lowest BCUT2D eigenvalue weighted by molar-refractivity contribution is -0.385. The van der Waals surface area contributed by atoms with E-state index in [4.69, 9.17) is 5.26 Å². The van der Waals surface area contributed by atoms with Crippen LogP contribution in [0.3, 0.4) is 0 Å². The molecule has 0 N–H and O–H groups in total. The Kier molecular flexibility index (Phi) is 2.88. The molecule has 1 aromatic rings. The van der Waals surface area contributed by atoms with Gasteiger partial charge in [0.2, 0.25) is 0 Å². The second kappa shape index (κ2) is 4.34. The van der Waals surface area contributed by atoms with Gasteiger partial charge in [-0.15, -0.1) is 0 Å². The number of hydrogen-bond acceptors (Lipinski definition) is 4. The van der Waals surface area contributed by atoms with Crippen LogP contribution < -0.4 is 0 Å². The fraction of sp³-hybridized carbons (Fsp3) is 0.333.